The van der Waals surface area contributed by atoms with Gasteiger partial charge in [0.15, 0.2) is 0 Å². The fraction of sp³-hybridized carbons (Fsp3) is 0.500. The molecule has 2 rings (SSSR count). The monoisotopic (exact) mass is 266 g/mol. The second kappa shape index (κ2) is 6.21. The summed E-state index contributed by atoms with van der Waals surface area (Å²) in [6.07, 6.45) is 1.36. The zero-order valence-electron chi connectivity index (χ0n) is 10.7. The van der Waals surface area contributed by atoms with Gasteiger partial charge in [-0.05, 0) is 31.0 Å². The molecule has 0 radical (unpaired) electrons. The lowest BCUT2D eigenvalue weighted by Gasteiger charge is -2.32. The molecule has 1 amide bonds. The highest BCUT2D eigenvalue weighted by Crippen LogP contribution is 2.12. The standard InChI is InChI=1S/C14H19ClN2O/c1-11-10-17(9-8-16-11)14(18)7-4-12-2-5-13(15)6-3-12/h2-3,5-6,11,16H,4,7-10H2,1H3. The van der Waals surface area contributed by atoms with Crippen LogP contribution in [-0.4, -0.2) is 36.5 Å². The van der Waals surface area contributed by atoms with E-state index in [0.717, 1.165) is 36.6 Å². The Morgan fingerprint density at radius 1 is 1.44 bits per heavy atom. The molecular weight excluding hydrogens is 248 g/mol. The Kier molecular flexibility index (Phi) is 4.61. The van der Waals surface area contributed by atoms with Crippen LogP contribution in [0.2, 0.25) is 5.02 Å². The second-order valence-electron chi connectivity index (χ2n) is 4.82. The number of halogens is 1. The SMILES string of the molecule is CC1CN(C(=O)CCc2ccc(Cl)cc2)CCN1. The van der Waals surface area contributed by atoms with Gasteiger partial charge in [-0.3, -0.25) is 4.79 Å². The molecule has 0 saturated carbocycles. The van der Waals surface area contributed by atoms with Gasteiger partial charge < -0.3 is 10.2 Å². The van der Waals surface area contributed by atoms with Gasteiger partial charge in [-0.1, -0.05) is 23.7 Å². The molecular formula is C14H19ClN2O. The average Bonchev–Trinajstić information content (AvgIpc) is 2.38. The molecule has 1 saturated heterocycles. The summed E-state index contributed by atoms with van der Waals surface area (Å²) < 4.78 is 0. The van der Waals surface area contributed by atoms with Gasteiger partial charge in [0, 0.05) is 37.1 Å². The molecule has 18 heavy (non-hydrogen) atoms. The highest BCUT2D eigenvalue weighted by atomic mass is 35.5. The van der Waals surface area contributed by atoms with Crippen LogP contribution in [0.15, 0.2) is 24.3 Å². The average molecular weight is 267 g/mol. The fourth-order valence-electron chi connectivity index (χ4n) is 2.22. The van der Waals surface area contributed by atoms with E-state index in [0.29, 0.717) is 12.5 Å². The minimum Gasteiger partial charge on any atom is -0.340 e. The van der Waals surface area contributed by atoms with E-state index in [1.807, 2.05) is 29.2 Å². The summed E-state index contributed by atoms with van der Waals surface area (Å²) in [7, 11) is 0. The van der Waals surface area contributed by atoms with E-state index in [2.05, 4.69) is 12.2 Å². The van der Waals surface area contributed by atoms with Crippen molar-refractivity contribution in [3.63, 3.8) is 0 Å². The molecule has 1 aromatic carbocycles. The highest BCUT2D eigenvalue weighted by Gasteiger charge is 2.19. The number of nitrogens with one attached hydrogen (secondary N) is 1. The van der Waals surface area contributed by atoms with Crippen molar-refractivity contribution >= 4 is 17.5 Å². The Morgan fingerprint density at radius 3 is 2.83 bits per heavy atom. The number of nitrogens with zero attached hydrogens (tertiary/aromatic N) is 1. The van der Waals surface area contributed by atoms with Crippen molar-refractivity contribution in [2.24, 2.45) is 0 Å². The second-order valence-corrected chi connectivity index (χ2v) is 5.26. The molecule has 0 bridgehead atoms. The van der Waals surface area contributed by atoms with Gasteiger partial charge in [-0.2, -0.15) is 0 Å². The van der Waals surface area contributed by atoms with E-state index in [9.17, 15) is 4.79 Å². The summed E-state index contributed by atoms with van der Waals surface area (Å²) >= 11 is 5.83. The molecule has 3 nitrogen and oxygen atoms in total. The van der Waals surface area contributed by atoms with Gasteiger partial charge in [-0.15, -0.1) is 0 Å². The summed E-state index contributed by atoms with van der Waals surface area (Å²) in [5.41, 5.74) is 1.16. The van der Waals surface area contributed by atoms with Gasteiger partial charge in [0.05, 0.1) is 0 Å². The first-order chi connectivity index (χ1) is 8.65. The van der Waals surface area contributed by atoms with Gasteiger partial charge in [0.2, 0.25) is 5.91 Å². The largest absolute Gasteiger partial charge is 0.340 e. The Hall–Kier alpha value is -1.06. The third-order valence-corrected chi connectivity index (χ3v) is 3.51. The van der Waals surface area contributed by atoms with Gasteiger partial charge in [0.1, 0.15) is 0 Å². The smallest absolute Gasteiger partial charge is 0.222 e. The predicted molar refractivity (Wildman–Crippen MR) is 73.8 cm³/mol. The Balaban J connectivity index is 1.82. The van der Waals surface area contributed by atoms with Crippen LogP contribution in [0.1, 0.15) is 18.9 Å². The third-order valence-electron chi connectivity index (χ3n) is 3.26. The third kappa shape index (κ3) is 3.72. The zero-order valence-corrected chi connectivity index (χ0v) is 11.4. The van der Waals surface area contributed by atoms with E-state index < -0.39 is 0 Å². The molecule has 1 aliphatic heterocycles. The number of benzene rings is 1. The minimum absolute atomic E-state index is 0.248. The summed E-state index contributed by atoms with van der Waals surface area (Å²) in [5.74, 6) is 0.248. The van der Waals surface area contributed by atoms with Crippen LogP contribution in [0, 0.1) is 0 Å². The van der Waals surface area contributed by atoms with Gasteiger partial charge in [-0.25, -0.2) is 0 Å². The molecule has 98 valence electrons. The lowest BCUT2D eigenvalue weighted by Crippen LogP contribution is -2.51. The predicted octanol–water partition coefficient (Wildman–Crippen LogP) is 2.09. The van der Waals surface area contributed by atoms with Crippen LogP contribution >= 0.6 is 11.6 Å². The van der Waals surface area contributed by atoms with Crippen molar-refractivity contribution in [2.75, 3.05) is 19.6 Å². The van der Waals surface area contributed by atoms with Crippen LogP contribution in [0.5, 0.6) is 0 Å². The topological polar surface area (TPSA) is 32.3 Å². The number of rotatable bonds is 3. The summed E-state index contributed by atoms with van der Waals surface area (Å²) in [6, 6.07) is 8.10. The summed E-state index contributed by atoms with van der Waals surface area (Å²) in [4.78, 5) is 14.0. The first kappa shape index (κ1) is 13.4. The lowest BCUT2D eigenvalue weighted by atomic mass is 10.1. The van der Waals surface area contributed by atoms with Crippen molar-refractivity contribution in [3.05, 3.63) is 34.9 Å². The number of carbonyl (C=O) groups is 1. The Bertz CT molecular complexity index is 405. The quantitative estimate of drug-likeness (QED) is 0.909. The number of carbonyl (C=O) groups excluding carboxylic acids is 1. The molecule has 1 aromatic rings. The summed E-state index contributed by atoms with van der Waals surface area (Å²) in [5, 5.41) is 4.08. The Labute approximate surface area is 113 Å². The zero-order chi connectivity index (χ0) is 13.0. The number of hydrogen-bond acceptors (Lipinski definition) is 2. The highest BCUT2D eigenvalue weighted by molar-refractivity contribution is 6.30. The molecule has 1 N–H and O–H groups in total. The van der Waals surface area contributed by atoms with Crippen LogP contribution in [0.4, 0.5) is 0 Å². The number of amides is 1. The van der Waals surface area contributed by atoms with E-state index in [1.54, 1.807) is 0 Å². The molecule has 1 atom stereocenters. The lowest BCUT2D eigenvalue weighted by molar-refractivity contribution is -0.132. The minimum atomic E-state index is 0.248. The van der Waals surface area contributed by atoms with E-state index >= 15 is 0 Å². The number of piperazine rings is 1. The normalized spacial score (nSPS) is 19.9. The fourth-order valence-corrected chi connectivity index (χ4v) is 2.35. The van der Waals surface area contributed by atoms with E-state index in [4.69, 9.17) is 11.6 Å². The maximum Gasteiger partial charge on any atom is 0.222 e. The summed E-state index contributed by atoms with van der Waals surface area (Å²) in [6.45, 7) is 4.65. The van der Waals surface area contributed by atoms with E-state index in [-0.39, 0.29) is 5.91 Å². The van der Waals surface area contributed by atoms with Crippen molar-refractivity contribution in [3.8, 4) is 0 Å². The van der Waals surface area contributed by atoms with Crippen LogP contribution in [0.3, 0.4) is 0 Å². The van der Waals surface area contributed by atoms with Gasteiger partial charge in [0.25, 0.3) is 0 Å². The number of aryl methyl sites for hydroxylation is 1. The molecule has 0 aliphatic carbocycles. The van der Waals surface area contributed by atoms with Crippen LogP contribution in [0.25, 0.3) is 0 Å². The van der Waals surface area contributed by atoms with Crippen LogP contribution in [-0.2, 0) is 11.2 Å². The van der Waals surface area contributed by atoms with Crippen LogP contribution < -0.4 is 5.32 Å². The molecule has 1 heterocycles. The number of hydrogen-bond donors (Lipinski definition) is 1. The van der Waals surface area contributed by atoms with Crippen molar-refractivity contribution < 1.29 is 4.79 Å². The molecule has 1 unspecified atom stereocenters. The van der Waals surface area contributed by atoms with Crippen molar-refractivity contribution in [2.45, 2.75) is 25.8 Å². The first-order valence-electron chi connectivity index (χ1n) is 6.41. The molecule has 1 fully saturated rings. The molecule has 0 spiro atoms. The van der Waals surface area contributed by atoms with E-state index in [1.165, 1.54) is 0 Å². The molecule has 4 heteroatoms. The maximum atomic E-state index is 12.1. The molecule has 1 aliphatic rings. The Morgan fingerprint density at radius 2 is 2.17 bits per heavy atom. The van der Waals surface area contributed by atoms with Crippen molar-refractivity contribution in [1.82, 2.24) is 10.2 Å². The first-order valence-corrected chi connectivity index (χ1v) is 6.78. The maximum absolute atomic E-state index is 12.1. The van der Waals surface area contributed by atoms with Gasteiger partial charge >= 0.3 is 0 Å². The van der Waals surface area contributed by atoms with Crippen molar-refractivity contribution in [1.29, 1.82) is 0 Å². The molecule has 0 aromatic heterocycles.